The molecule has 0 spiro atoms. The number of aliphatic hydroxyl groups excluding tert-OH is 4. The molecule has 20 nitrogen and oxygen atoms in total. The largest absolute Gasteiger partial charge is 0.481 e. The third kappa shape index (κ3) is 32.4. The molecule has 0 aromatic carbocycles. The Hall–Kier alpha value is -3.10. The molecule has 22 heteroatoms. The van der Waals surface area contributed by atoms with E-state index in [1.165, 1.54) is 96.0 Å². The third-order valence-electron chi connectivity index (χ3n) is 13.0. The number of unbranched alkanes of at least 4 members (excludes halogenated alkanes) is 16. The summed E-state index contributed by atoms with van der Waals surface area (Å²) in [5.41, 5.74) is 4.57. The molecule has 0 saturated carbocycles. The van der Waals surface area contributed by atoms with E-state index in [1.807, 2.05) is 12.2 Å². The van der Waals surface area contributed by atoms with Crippen molar-refractivity contribution < 1.29 is 76.5 Å². The van der Waals surface area contributed by atoms with Crippen LogP contribution in [0.15, 0.2) is 53.5 Å². The molecule has 0 amide bonds. The van der Waals surface area contributed by atoms with Gasteiger partial charge in [0, 0.05) is 19.0 Å². The van der Waals surface area contributed by atoms with Gasteiger partial charge in [0.2, 0.25) is 0 Å². The summed E-state index contributed by atoms with van der Waals surface area (Å²) in [7, 11) is -11.0. The Kier molecular flexibility index (Phi) is 36.4. The van der Waals surface area contributed by atoms with Gasteiger partial charge in [0.1, 0.15) is 30.7 Å². The zero-order chi connectivity index (χ0) is 55.3. The zero-order valence-corrected chi connectivity index (χ0v) is 46.8. The lowest BCUT2D eigenvalue weighted by molar-refractivity contribution is -0.161. The molecular weight excluding hydrogens is 1010 g/mol. The first-order valence-electron chi connectivity index (χ1n) is 27.6. The zero-order valence-electron chi connectivity index (χ0n) is 45.0. The van der Waals surface area contributed by atoms with Crippen LogP contribution in [-0.4, -0.2) is 108 Å². The number of carbonyl (C=O) groups is 2. The van der Waals surface area contributed by atoms with E-state index in [4.69, 9.17) is 29.0 Å². The van der Waals surface area contributed by atoms with Gasteiger partial charge < -0.3 is 50.2 Å². The predicted molar refractivity (Wildman–Crippen MR) is 287 cm³/mol. The van der Waals surface area contributed by atoms with Crippen LogP contribution in [0, 0.1) is 5.92 Å². The van der Waals surface area contributed by atoms with Crippen molar-refractivity contribution in [3.63, 3.8) is 0 Å². The average Bonchev–Trinajstić information content (AvgIpc) is 3.64. The van der Waals surface area contributed by atoms with Crippen molar-refractivity contribution in [1.29, 1.82) is 0 Å². The van der Waals surface area contributed by atoms with Gasteiger partial charge in [-0.25, -0.2) is 13.9 Å². The van der Waals surface area contributed by atoms with E-state index in [9.17, 15) is 53.7 Å². The van der Waals surface area contributed by atoms with Gasteiger partial charge in [0.05, 0.1) is 25.4 Å². The molecule has 1 aromatic heterocycles. The van der Waals surface area contributed by atoms with Crippen LogP contribution in [0.5, 0.6) is 0 Å². The summed E-state index contributed by atoms with van der Waals surface area (Å²) in [5.74, 6) is -0.754. The monoisotopic (exact) mass is 1110 g/mol. The standard InChI is InChI=1S/C53H93N3O17P2/c1-4-6-7-8-9-10-11-17-20-23-26-29-33-44(57)45(58)34-31-36-49(60)71-43(39-68-48(59)35-30-27-24-21-18-15-13-12-14-16-19-22-25-28-32-42(3)5-2)40-69-74(64,65)73-75(66,67)70-41-46-50(61)51(62)52(72-46)56-38-37-47(54)55-53(56)63/h9-10,17,20,26,29,37-38,42-46,50-52,57-58,61-62H,4-8,11-16,18-19,21-25,27-28,30-36,39-41H2,1-3H3,(H,64,65)(H,66,67)(H2,54,55,63)/b10-9-,20-17-,29-26-/t42?,43-,44?,45?,46-,50-,51-,52-/m1/s1. The molecule has 0 bridgehead atoms. The summed E-state index contributed by atoms with van der Waals surface area (Å²) in [5, 5.41) is 41.9. The fourth-order valence-corrected chi connectivity index (χ4v) is 10.3. The van der Waals surface area contributed by atoms with Crippen molar-refractivity contribution in [2.24, 2.45) is 5.92 Å². The van der Waals surface area contributed by atoms with Crippen molar-refractivity contribution in [2.75, 3.05) is 25.6 Å². The van der Waals surface area contributed by atoms with E-state index in [1.54, 1.807) is 6.08 Å². The van der Waals surface area contributed by atoms with E-state index in [2.05, 4.69) is 48.3 Å². The minimum atomic E-state index is -5.50. The smallest absolute Gasteiger partial charge is 0.462 e. The maximum absolute atomic E-state index is 12.9. The normalized spacial score (nSPS) is 20.3. The summed E-state index contributed by atoms with van der Waals surface area (Å²) in [6, 6.07) is 1.23. The first-order valence-corrected chi connectivity index (χ1v) is 30.6. The highest BCUT2D eigenvalue weighted by molar-refractivity contribution is 7.61. The van der Waals surface area contributed by atoms with Crippen molar-refractivity contribution >= 4 is 33.4 Å². The number of nitrogen functional groups attached to an aromatic ring is 1. The van der Waals surface area contributed by atoms with Crippen LogP contribution in [-0.2, 0) is 46.3 Å². The maximum atomic E-state index is 12.9. The van der Waals surface area contributed by atoms with Crippen molar-refractivity contribution in [3.05, 3.63) is 59.2 Å². The van der Waals surface area contributed by atoms with Crippen LogP contribution in [0.4, 0.5) is 5.82 Å². The molecule has 1 saturated heterocycles. The van der Waals surface area contributed by atoms with E-state index in [0.29, 0.717) is 12.8 Å². The Morgan fingerprint density at radius 3 is 1.92 bits per heavy atom. The highest BCUT2D eigenvalue weighted by Gasteiger charge is 2.46. The second-order valence-corrected chi connectivity index (χ2v) is 22.7. The number of phosphoric ester groups is 2. The van der Waals surface area contributed by atoms with Crippen LogP contribution < -0.4 is 11.4 Å². The molecule has 10 atom stereocenters. The van der Waals surface area contributed by atoms with Crippen molar-refractivity contribution in [2.45, 2.75) is 237 Å². The molecule has 2 heterocycles. The number of anilines is 1. The third-order valence-corrected chi connectivity index (χ3v) is 15.6. The molecule has 2 rings (SSSR count). The summed E-state index contributed by atoms with van der Waals surface area (Å²) in [4.78, 5) is 62.1. The highest BCUT2D eigenvalue weighted by Crippen LogP contribution is 2.60. The number of nitrogens with zero attached hydrogens (tertiary/aromatic N) is 2. The van der Waals surface area contributed by atoms with E-state index in [-0.39, 0.29) is 37.9 Å². The topological polar surface area (TPSA) is 306 Å². The van der Waals surface area contributed by atoms with Crippen molar-refractivity contribution in [1.82, 2.24) is 9.55 Å². The number of ether oxygens (including phenoxy) is 3. The van der Waals surface area contributed by atoms with Gasteiger partial charge in [0.25, 0.3) is 0 Å². The van der Waals surface area contributed by atoms with E-state index in [0.717, 1.165) is 55.2 Å². The van der Waals surface area contributed by atoms with Gasteiger partial charge in [0.15, 0.2) is 12.3 Å². The van der Waals surface area contributed by atoms with Gasteiger partial charge >= 0.3 is 33.3 Å². The van der Waals surface area contributed by atoms with E-state index >= 15 is 0 Å². The lowest BCUT2D eigenvalue weighted by Gasteiger charge is -2.22. The van der Waals surface area contributed by atoms with Crippen LogP contribution >= 0.6 is 15.6 Å². The molecule has 1 aliphatic rings. The summed E-state index contributed by atoms with van der Waals surface area (Å²) in [6.07, 6.45) is 28.0. The van der Waals surface area contributed by atoms with Gasteiger partial charge in [-0.1, -0.05) is 166 Å². The van der Waals surface area contributed by atoms with Crippen LogP contribution in [0.25, 0.3) is 0 Å². The second kappa shape index (κ2) is 40.1. The lowest BCUT2D eigenvalue weighted by atomic mass is 9.99. The summed E-state index contributed by atoms with van der Waals surface area (Å²) < 4.78 is 56.7. The Morgan fingerprint density at radius 2 is 1.31 bits per heavy atom. The summed E-state index contributed by atoms with van der Waals surface area (Å²) in [6.45, 7) is 4.22. The molecule has 432 valence electrons. The number of nitrogens with two attached hydrogens (primary N) is 1. The van der Waals surface area contributed by atoms with Gasteiger partial charge in [-0.2, -0.15) is 9.29 Å². The van der Waals surface area contributed by atoms with Gasteiger partial charge in [-0.05, 0) is 63.4 Å². The molecule has 0 radical (unpaired) electrons. The Bertz CT molecular complexity index is 1950. The molecule has 5 unspecified atom stereocenters. The molecule has 1 fully saturated rings. The minimum Gasteiger partial charge on any atom is -0.462 e. The summed E-state index contributed by atoms with van der Waals surface area (Å²) >= 11 is 0. The fourth-order valence-electron chi connectivity index (χ4n) is 8.16. The minimum absolute atomic E-state index is 0.0365. The number of esters is 2. The SMILES string of the molecule is CCCCC/C=C\C/C=C\C/C=C\CC(O)C(O)CCCC(=O)O[C@H](COC(=O)CCCCCCCCCCCCCCCCC(C)CC)COP(=O)(O)OP(=O)(O)OC[C@H]1O[C@@H](n2ccc(N)nc2=O)[C@H](O)[C@@H]1O. The van der Waals surface area contributed by atoms with Gasteiger partial charge in [-0.3, -0.25) is 23.2 Å². The Morgan fingerprint density at radius 1 is 0.733 bits per heavy atom. The lowest BCUT2D eigenvalue weighted by Crippen LogP contribution is -2.36. The predicted octanol–water partition coefficient (Wildman–Crippen LogP) is 9.75. The first kappa shape index (κ1) is 68.0. The van der Waals surface area contributed by atoms with Crippen molar-refractivity contribution in [3.8, 4) is 0 Å². The molecule has 0 aliphatic carbocycles. The number of carbonyl (C=O) groups excluding carboxylic acids is 2. The molecule has 75 heavy (non-hydrogen) atoms. The number of allylic oxidation sites excluding steroid dienone is 5. The Balaban J connectivity index is 1.84. The second-order valence-electron chi connectivity index (χ2n) is 19.6. The quantitative estimate of drug-likeness (QED) is 0.0138. The maximum Gasteiger partial charge on any atom is 0.481 e. The fraction of sp³-hybridized carbons (Fsp3) is 0.774. The number of rotatable bonds is 45. The van der Waals surface area contributed by atoms with Gasteiger partial charge in [-0.15, -0.1) is 0 Å². The number of aromatic nitrogens is 2. The molecule has 1 aromatic rings. The highest BCUT2D eigenvalue weighted by atomic mass is 31.3. The van der Waals surface area contributed by atoms with E-state index < -0.39 is 95.9 Å². The van der Waals surface area contributed by atoms with Crippen LogP contribution in [0.1, 0.15) is 200 Å². The number of phosphoric acid groups is 2. The number of aliphatic hydroxyl groups is 4. The Labute approximate surface area is 445 Å². The first-order chi connectivity index (χ1) is 35.9. The average molecular weight is 1110 g/mol. The molecule has 1 aliphatic heterocycles. The number of hydrogen-bond acceptors (Lipinski definition) is 17. The molecule has 8 N–H and O–H groups in total. The van der Waals surface area contributed by atoms with Crippen LogP contribution in [0.3, 0.4) is 0 Å². The van der Waals surface area contributed by atoms with Crippen LogP contribution in [0.2, 0.25) is 0 Å². The number of hydrogen-bond donors (Lipinski definition) is 7. The molecular formula is C53H93N3O17P2.